The van der Waals surface area contributed by atoms with Crippen LogP contribution in [0.4, 0.5) is 0 Å². The van der Waals surface area contributed by atoms with Crippen LogP contribution in [0.2, 0.25) is 0 Å². The lowest BCUT2D eigenvalue weighted by Gasteiger charge is -2.35. The van der Waals surface area contributed by atoms with E-state index in [2.05, 4.69) is 10.2 Å². The van der Waals surface area contributed by atoms with E-state index >= 15 is 0 Å². The maximum absolute atomic E-state index is 11.7. The Kier molecular flexibility index (Phi) is 10.4. The predicted octanol–water partition coefficient (Wildman–Crippen LogP) is 0.927. The van der Waals surface area contributed by atoms with Crippen LogP contribution >= 0.6 is 24.8 Å². The molecule has 7 heteroatoms. The molecule has 1 aliphatic rings. The summed E-state index contributed by atoms with van der Waals surface area (Å²) in [4.78, 5) is 15.8. The first kappa shape index (κ1) is 21.1. The predicted molar refractivity (Wildman–Crippen MR) is 92.8 cm³/mol. The van der Waals surface area contributed by atoms with Crippen molar-refractivity contribution in [2.75, 3.05) is 46.3 Å². The van der Waals surface area contributed by atoms with Gasteiger partial charge in [-0.3, -0.25) is 9.69 Å². The minimum absolute atomic E-state index is 0. The number of hydrogen-bond acceptors (Lipinski definition) is 4. The highest BCUT2D eigenvalue weighted by atomic mass is 35.5. The average molecular weight is 350 g/mol. The molecule has 1 amide bonds. The first-order valence-corrected chi connectivity index (χ1v) is 7.08. The fourth-order valence-corrected chi connectivity index (χ4v) is 2.47. The smallest absolute Gasteiger partial charge is 0.236 e. The largest absolute Gasteiger partial charge is 0.387 e. The molecule has 1 saturated heterocycles. The van der Waals surface area contributed by atoms with Gasteiger partial charge in [0.25, 0.3) is 0 Å². The summed E-state index contributed by atoms with van der Waals surface area (Å²) in [5.74, 6) is 0.149. The standard InChI is InChI=1S/C15H23N3O2.2ClH/c1-16-11-15(20)18-9-7-17(8-10-18)12-14(19)13-5-3-2-4-6-13;;/h2-6,14,16,19H,7-12H2,1H3;2*1H. The number of benzene rings is 1. The Morgan fingerprint density at radius 2 is 1.77 bits per heavy atom. The summed E-state index contributed by atoms with van der Waals surface area (Å²) in [6, 6.07) is 9.71. The summed E-state index contributed by atoms with van der Waals surface area (Å²) in [6.07, 6.45) is -0.462. The van der Waals surface area contributed by atoms with Gasteiger partial charge in [0, 0.05) is 32.7 Å². The van der Waals surface area contributed by atoms with Crippen LogP contribution in [0.3, 0.4) is 0 Å². The van der Waals surface area contributed by atoms with Crippen LogP contribution in [0.1, 0.15) is 11.7 Å². The van der Waals surface area contributed by atoms with Gasteiger partial charge >= 0.3 is 0 Å². The Bertz CT molecular complexity index is 426. The molecule has 2 rings (SSSR count). The van der Waals surface area contributed by atoms with Crippen molar-refractivity contribution in [2.45, 2.75) is 6.10 Å². The van der Waals surface area contributed by atoms with Crippen molar-refractivity contribution in [1.82, 2.24) is 15.1 Å². The Hall–Kier alpha value is -0.850. The quantitative estimate of drug-likeness (QED) is 0.830. The molecular weight excluding hydrogens is 325 g/mol. The fraction of sp³-hybridized carbons (Fsp3) is 0.533. The van der Waals surface area contributed by atoms with E-state index < -0.39 is 6.10 Å². The van der Waals surface area contributed by atoms with Gasteiger partial charge < -0.3 is 15.3 Å². The van der Waals surface area contributed by atoms with Gasteiger partial charge in [-0.25, -0.2) is 0 Å². The number of nitrogens with zero attached hydrogens (tertiary/aromatic N) is 2. The second kappa shape index (κ2) is 10.8. The molecule has 0 aromatic heterocycles. The zero-order chi connectivity index (χ0) is 14.4. The Labute approximate surface area is 144 Å². The summed E-state index contributed by atoms with van der Waals surface area (Å²) in [7, 11) is 1.78. The van der Waals surface area contributed by atoms with E-state index in [1.807, 2.05) is 35.2 Å². The van der Waals surface area contributed by atoms with E-state index in [9.17, 15) is 9.90 Å². The van der Waals surface area contributed by atoms with Crippen molar-refractivity contribution >= 4 is 30.7 Å². The highest BCUT2D eigenvalue weighted by Crippen LogP contribution is 2.14. The minimum Gasteiger partial charge on any atom is -0.387 e. The average Bonchev–Trinajstić information content (AvgIpc) is 2.49. The normalized spacial score (nSPS) is 16.4. The van der Waals surface area contributed by atoms with Crippen LogP contribution in [0.25, 0.3) is 0 Å². The number of rotatable bonds is 5. The lowest BCUT2D eigenvalue weighted by molar-refractivity contribution is -0.132. The summed E-state index contributed by atoms with van der Waals surface area (Å²) in [5.41, 5.74) is 0.946. The van der Waals surface area contributed by atoms with Gasteiger partial charge in [-0.2, -0.15) is 0 Å². The van der Waals surface area contributed by atoms with Crippen molar-refractivity contribution < 1.29 is 9.90 Å². The summed E-state index contributed by atoms with van der Waals surface area (Å²) < 4.78 is 0. The van der Waals surface area contributed by atoms with Crippen molar-refractivity contribution in [2.24, 2.45) is 0 Å². The van der Waals surface area contributed by atoms with Crippen molar-refractivity contribution in [1.29, 1.82) is 0 Å². The zero-order valence-electron chi connectivity index (χ0n) is 12.8. The molecule has 5 nitrogen and oxygen atoms in total. The SMILES string of the molecule is CNCC(=O)N1CCN(CC(O)c2ccccc2)CC1.Cl.Cl. The molecule has 1 aromatic rings. The monoisotopic (exact) mass is 349 g/mol. The van der Waals surface area contributed by atoms with E-state index in [-0.39, 0.29) is 30.7 Å². The number of carbonyl (C=O) groups excluding carboxylic acids is 1. The number of amides is 1. The van der Waals surface area contributed by atoms with Gasteiger partial charge in [-0.15, -0.1) is 24.8 Å². The van der Waals surface area contributed by atoms with Crippen LogP contribution in [-0.4, -0.2) is 67.1 Å². The molecule has 1 unspecified atom stereocenters. The third-order valence-corrected chi connectivity index (χ3v) is 3.67. The molecule has 1 atom stereocenters. The maximum atomic E-state index is 11.7. The van der Waals surface area contributed by atoms with Gasteiger partial charge in [0.05, 0.1) is 12.6 Å². The van der Waals surface area contributed by atoms with E-state index in [1.165, 1.54) is 0 Å². The maximum Gasteiger partial charge on any atom is 0.236 e. The molecule has 0 aliphatic carbocycles. The number of nitrogens with one attached hydrogen (secondary N) is 1. The van der Waals surface area contributed by atoms with Crippen LogP contribution in [0, 0.1) is 0 Å². The zero-order valence-corrected chi connectivity index (χ0v) is 14.4. The molecular formula is C15H25Cl2N3O2. The van der Waals surface area contributed by atoms with Gasteiger partial charge in [0.2, 0.25) is 5.91 Å². The summed E-state index contributed by atoms with van der Waals surface area (Å²) >= 11 is 0. The molecule has 22 heavy (non-hydrogen) atoms. The molecule has 0 spiro atoms. The number of aliphatic hydroxyl groups is 1. The molecule has 2 N–H and O–H groups in total. The van der Waals surface area contributed by atoms with Crippen LogP contribution in [0.15, 0.2) is 30.3 Å². The first-order chi connectivity index (χ1) is 9.70. The minimum atomic E-state index is -0.462. The van der Waals surface area contributed by atoms with Crippen molar-refractivity contribution in [3.63, 3.8) is 0 Å². The number of carbonyl (C=O) groups is 1. The van der Waals surface area contributed by atoms with Crippen LogP contribution in [-0.2, 0) is 4.79 Å². The van der Waals surface area contributed by atoms with Crippen molar-refractivity contribution in [3.8, 4) is 0 Å². The molecule has 1 fully saturated rings. The highest BCUT2D eigenvalue weighted by molar-refractivity contribution is 5.85. The van der Waals surface area contributed by atoms with Gasteiger partial charge in [0.15, 0.2) is 0 Å². The molecule has 0 radical (unpaired) electrons. The second-order valence-corrected chi connectivity index (χ2v) is 5.14. The third kappa shape index (κ3) is 6.10. The third-order valence-electron chi connectivity index (χ3n) is 3.67. The van der Waals surface area contributed by atoms with Gasteiger partial charge in [-0.1, -0.05) is 30.3 Å². The number of halogens is 2. The molecule has 0 saturated carbocycles. The van der Waals surface area contributed by atoms with Gasteiger partial charge in [-0.05, 0) is 12.6 Å². The summed E-state index contributed by atoms with van der Waals surface area (Å²) in [5, 5.41) is 13.1. The lowest BCUT2D eigenvalue weighted by Crippen LogP contribution is -2.51. The van der Waals surface area contributed by atoms with E-state index in [1.54, 1.807) is 7.05 Å². The molecule has 0 bridgehead atoms. The lowest BCUT2D eigenvalue weighted by atomic mass is 10.1. The molecule has 1 aliphatic heterocycles. The van der Waals surface area contributed by atoms with E-state index in [0.29, 0.717) is 13.1 Å². The van der Waals surface area contributed by atoms with Gasteiger partial charge in [0.1, 0.15) is 0 Å². The number of likely N-dealkylation sites (N-methyl/N-ethyl adjacent to an activating group) is 1. The Balaban J connectivity index is 0.00000220. The van der Waals surface area contributed by atoms with Crippen molar-refractivity contribution in [3.05, 3.63) is 35.9 Å². The number of hydrogen-bond donors (Lipinski definition) is 2. The Morgan fingerprint density at radius 3 is 2.32 bits per heavy atom. The summed E-state index contributed by atoms with van der Waals surface area (Å²) in [6.45, 7) is 4.13. The van der Waals surface area contributed by atoms with Crippen LogP contribution in [0.5, 0.6) is 0 Å². The molecule has 126 valence electrons. The van der Waals surface area contributed by atoms with E-state index in [4.69, 9.17) is 0 Å². The van der Waals surface area contributed by atoms with E-state index in [0.717, 1.165) is 31.7 Å². The molecule has 1 aromatic carbocycles. The Morgan fingerprint density at radius 1 is 1.18 bits per heavy atom. The number of β-amino-alcohol motifs (C(OH)–C–C–N with tert-alkyl or cyclic N) is 1. The number of piperazine rings is 1. The highest BCUT2D eigenvalue weighted by Gasteiger charge is 2.22. The molecule has 1 heterocycles. The van der Waals surface area contributed by atoms with Crippen LogP contribution < -0.4 is 5.32 Å². The number of aliphatic hydroxyl groups excluding tert-OH is 1. The first-order valence-electron chi connectivity index (χ1n) is 7.08. The topological polar surface area (TPSA) is 55.8 Å². The second-order valence-electron chi connectivity index (χ2n) is 5.14. The fourth-order valence-electron chi connectivity index (χ4n) is 2.47.